The summed E-state index contributed by atoms with van der Waals surface area (Å²) in [6.07, 6.45) is 4.61. The van der Waals surface area contributed by atoms with E-state index in [2.05, 4.69) is 20.8 Å². The second-order valence-electron chi connectivity index (χ2n) is 12.2. The Morgan fingerprint density at radius 3 is 1.65 bits per heavy atom. The number of nitrogens with two attached hydrogens (primary N) is 2. The van der Waals surface area contributed by atoms with E-state index in [1.807, 2.05) is 12.1 Å². The highest BCUT2D eigenvalue weighted by Crippen LogP contribution is 2.29. The van der Waals surface area contributed by atoms with Gasteiger partial charge in [0.15, 0.2) is 0 Å². The van der Waals surface area contributed by atoms with Crippen LogP contribution in [0.5, 0.6) is 5.75 Å². The SMILES string of the molecule is COc1cccc(Cl)c1CC(=O)Nc1ccc(-n2cc(C#N)cn2)c(S(N)(=O)=O)c1.N#Cc1cnn(-c2ccc(NC(=O)Cc3c(F)cc(F)cc3Cl)cc2S(N)(=O)=O)c1. The minimum absolute atomic E-state index is 0.0547. The van der Waals surface area contributed by atoms with Crippen molar-refractivity contribution in [3.63, 3.8) is 0 Å². The number of ether oxygens (including phenoxy) is 1. The number of hydrogen-bond donors (Lipinski definition) is 4. The predicted molar refractivity (Wildman–Crippen MR) is 213 cm³/mol. The maximum absolute atomic E-state index is 13.9. The van der Waals surface area contributed by atoms with Gasteiger partial charge in [-0.05, 0) is 54.6 Å². The van der Waals surface area contributed by atoms with Gasteiger partial charge in [-0.3, -0.25) is 9.59 Å². The monoisotopic (exact) mass is 896 g/mol. The summed E-state index contributed by atoms with van der Waals surface area (Å²) in [6, 6.07) is 18.2. The number of rotatable bonds is 11. The Labute approximate surface area is 350 Å². The molecule has 2 heterocycles. The molecule has 308 valence electrons. The summed E-state index contributed by atoms with van der Waals surface area (Å²) in [5.41, 5.74) is 1.22. The number of aromatic nitrogens is 4. The summed E-state index contributed by atoms with van der Waals surface area (Å²) in [5.74, 6) is -2.55. The van der Waals surface area contributed by atoms with Crippen molar-refractivity contribution in [1.82, 2.24) is 19.6 Å². The smallest absolute Gasteiger partial charge is 0.240 e. The molecule has 60 heavy (non-hydrogen) atoms. The average molecular weight is 898 g/mol. The van der Waals surface area contributed by atoms with Crippen LogP contribution in [0.15, 0.2) is 101 Å². The molecule has 17 nitrogen and oxygen atoms in total. The number of carbonyl (C=O) groups excluding carboxylic acids is 2. The van der Waals surface area contributed by atoms with Crippen LogP contribution in [-0.2, 0) is 42.5 Å². The second kappa shape index (κ2) is 18.5. The van der Waals surface area contributed by atoms with Gasteiger partial charge in [-0.25, -0.2) is 45.3 Å². The van der Waals surface area contributed by atoms with Gasteiger partial charge in [0.2, 0.25) is 31.9 Å². The van der Waals surface area contributed by atoms with Crippen molar-refractivity contribution in [2.75, 3.05) is 17.7 Å². The Hall–Kier alpha value is -6.72. The minimum Gasteiger partial charge on any atom is -0.496 e. The van der Waals surface area contributed by atoms with Gasteiger partial charge in [-0.2, -0.15) is 20.7 Å². The highest BCUT2D eigenvalue weighted by molar-refractivity contribution is 7.89. The van der Waals surface area contributed by atoms with Gasteiger partial charge in [-0.15, -0.1) is 0 Å². The van der Waals surface area contributed by atoms with Crippen LogP contribution in [0.2, 0.25) is 10.0 Å². The molecular weight excluding hydrogens is 870 g/mol. The molecule has 0 unspecified atom stereocenters. The van der Waals surface area contributed by atoms with Crippen molar-refractivity contribution in [2.45, 2.75) is 22.6 Å². The highest BCUT2D eigenvalue weighted by atomic mass is 35.5. The average Bonchev–Trinajstić information content (AvgIpc) is 3.87. The molecule has 2 amide bonds. The van der Waals surface area contributed by atoms with E-state index < -0.39 is 49.9 Å². The van der Waals surface area contributed by atoms with Gasteiger partial charge < -0.3 is 15.4 Å². The van der Waals surface area contributed by atoms with Crippen molar-refractivity contribution in [3.05, 3.63) is 135 Å². The van der Waals surface area contributed by atoms with Crippen LogP contribution in [0.3, 0.4) is 0 Å². The number of halogens is 4. The molecule has 0 atom stereocenters. The zero-order valence-electron chi connectivity index (χ0n) is 30.6. The largest absolute Gasteiger partial charge is 0.496 e. The standard InChI is InChI=1S/C19H16ClN5O4S.C18H12ClF2N5O3S/c1-29-17-4-2-3-15(20)14(17)8-19(26)24-13-5-6-16(18(7-13)30(22,27)28)25-11-12(9-21)10-23-25;19-14-3-11(20)4-15(21)13(14)6-18(27)25-12-1-2-16(17(5-12)30(23,28)29)26-9-10(7-22)8-24-26/h2-7,10-11H,8H2,1H3,(H,24,26)(H2,22,27,28);1-5,8-9H,6H2,(H,25,27)(H2,23,28,29). The Morgan fingerprint density at radius 2 is 1.23 bits per heavy atom. The van der Waals surface area contributed by atoms with Gasteiger partial charge in [0.05, 0.1) is 59.9 Å². The molecule has 6 rings (SSSR count). The summed E-state index contributed by atoms with van der Waals surface area (Å²) in [6.45, 7) is 0. The Balaban J connectivity index is 0.000000228. The summed E-state index contributed by atoms with van der Waals surface area (Å²) in [5, 5.41) is 41.4. The molecule has 2 aromatic heterocycles. The summed E-state index contributed by atoms with van der Waals surface area (Å²) in [7, 11) is -6.91. The zero-order valence-corrected chi connectivity index (χ0v) is 33.7. The minimum atomic E-state index is -4.23. The third kappa shape index (κ3) is 10.9. The molecule has 0 aliphatic carbocycles. The number of methoxy groups -OCH3 is 1. The first-order chi connectivity index (χ1) is 28.3. The fourth-order valence-corrected chi connectivity index (χ4v) is 7.40. The fraction of sp³-hybridized carbons (Fsp3) is 0.0811. The lowest BCUT2D eigenvalue weighted by Gasteiger charge is -2.13. The molecule has 0 aliphatic rings. The van der Waals surface area contributed by atoms with Crippen molar-refractivity contribution >= 4 is 66.4 Å². The number of carbonyl (C=O) groups is 2. The molecule has 4 aromatic carbocycles. The first-order valence-corrected chi connectivity index (χ1v) is 20.4. The van der Waals surface area contributed by atoms with E-state index >= 15 is 0 Å². The van der Waals surface area contributed by atoms with Crippen LogP contribution in [0.4, 0.5) is 20.2 Å². The lowest BCUT2D eigenvalue weighted by Crippen LogP contribution is -2.18. The van der Waals surface area contributed by atoms with E-state index in [0.717, 1.165) is 16.8 Å². The van der Waals surface area contributed by atoms with Crippen LogP contribution in [-0.4, -0.2) is 55.3 Å². The van der Waals surface area contributed by atoms with Crippen LogP contribution in [0.1, 0.15) is 22.3 Å². The molecule has 0 radical (unpaired) electrons. The summed E-state index contributed by atoms with van der Waals surface area (Å²) >= 11 is 11.9. The van der Waals surface area contributed by atoms with Gasteiger partial charge in [-0.1, -0.05) is 29.3 Å². The number of hydrogen-bond acceptors (Lipinski definition) is 11. The molecule has 0 saturated heterocycles. The van der Waals surface area contributed by atoms with E-state index in [1.54, 1.807) is 18.2 Å². The molecule has 6 N–H and O–H groups in total. The topological polar surface area (TPSA) is 271 Å². The number of primary sulfonamides is 2. The van der Waals surface area contributed by atoms with Gasteiger partial charge in [0.1, 0.15) is 39.3 Å². The maximum Gasteiger partial charge on any atom is 0.240 e. The van der Waals surface area contributed by atoms with Crippen LogP contribution >= 0.6 is 23.2 Å². The quantitative estimate of drug-likeness (QED) is 0.138. The normalized spacial score (nSPS) is 11.1. The van der Waals surface area contributed by atoms with Crippen molar-refractivity contribution < 1.29 is 39.9 Å². The number of nitrogens with one attached hydrogen (secondary N) is 2. The Morgan fingerprint density at radius 1 is 0.750 bits per heavy atom. The molecule has 0 spiro atoms. The molecule has 0 bridgehead atoms. The van der Waals surface area contributed by atoms with E-state index in [0.29, 0.717) is 22.4 Å². The summed E-state index contributed by atoms with van der Waals surface area (Å²) < 4.78 is 82.8. The molecule has 0 saturated carbocycles. The van der Waals surface area contributed by atoms with E-state index in [-0.39, 0.29) is 60.7 Å². The molecule has 0 aliphatic heterocycles. The number of sulfonamides is 2. The number of nitriles is 2. The number of amides is 2. The van der Waals surface area contributed by atoms with Crippen LogP contribution in [0, 0.1) is 34.3 Å². The second-order valence-corrected chi connectivity index (χ2v) is 16.1. The van der Waals surface area contributed by atoms with E-state index in [1.165, 1.54) is 66.9 Å². The van der Waals surface area contributed by atoms with Crippen molar-refractivity contribution in [1.29, 1.82) is 10.5 Å². The third-order valence-electron chi connectivity index (χ3n) is 8.09. The van der Waals surface area contributed by atoms with Crippen molar-refractivity contribution in [3.8, 4) is 29.3 Å². The van der Waals surface area contributed by atoms with Gasteiger partial charge >= 0.3 is 0 Å². The van der Waals surface area contributed by atoms with E-state index in [4.69, 9.17) is 48.7 Å². The lowest BCUT2D eigenvalue weighted by molar-refractivity contribution is -0.116. The predicted octanol–water partition coefficient (Wildman–Crippen LogP) is 4.74. The number of anilines is 2. The lowest BCUT2D eigenvalue weighted by atomic mass is 10.1. The van der Waals surface area contributed by atoms with Crippen LogP contribution in [0.25, 0.3) is 11.4 Å². The number of benzene rings is 4. The molecular formula is C37H28Cl2F2N10O7S2. The highest BCUT2D eigenvalue weighted by Gasteiger charge is 2.21. The number of nitrogens with zero attached hydrogens (tertiary/aromatic N) is 6. The van der Waals surface area contributed by atoms with Crippen molar-refractivity contribution in [2.24, 2.45) is 10.3 Å². The molecule has 0 fully saturated rings. The third-order valence-corrected chi connectivity index (χ3v) is 10.7. The fourth-order valence-electron chi connectivity index (χ4n) is 5.42. The molecule has 6 aromatic rings. The zero-order chi connectivity index (χ0) is 43.9. The Bertz CT molecular complexity index is 2940. The Kier molecular flexibility index (Phi) is 13.7. The first kappa shape index (κ1) is 44.4. The van der Waals surface area contributed by atoms with E-state index in [9.17, 15) is 35.2 Å². The molecule has 23 heteroatoms. The van der Waals surface area contributed by atoms with Gasteiger partial charge in [0.25, 0.3) is 0 Å². The summed E-state index contributed by atoms with van der Waals surface area (Å²) in [4.78, 5) is 24.1. The first-order valence-electron chi connectivity index (χ1n) is 16.6. The maximum atomic E-state index is 13.9. The van der Waals surface area contributed by atoms with Gasteiger partial charge in [0, 0.05) is 46.0 Å². The van der Waals surface area contributed by atoms with Crippen LogP contribution < -0.4 is 25.6 Å².